The standard InChI is InChI=1S/C18H14F3NO5/c1-11(24)27-16-9-14(12(10-23)8-15(16)26-2)22(17(25)18(19,20)21)13-6-4-3-5-7-13/h3-10H,1-2H3. The molecule has 142 valence electrons. The Kier molecular flexibility index (Phi) is 5.84. The van der Waals surface area contributed by atoms with Gasteiger partial charge in [-0.3, -0.25) is 19.3 Å². The van der Waals surface area contributed by atoms with E-state index < -0.39 is 23.7 Å². The third-order valence-corrected chi connectivity index (χ3v) is 3.39. The summed E-state index contributed by atoms with van der Waals surface area (Å²) in [7, 11) is 1.23. The molecule has 2 aromatic carbocycles. The van der Waals surface area contributed by atoms with E-state index in [9.17, 15) is 27.6 Å². The highest BCUT2D eigenvalue weighted by Crippen LogP contribution is 2.39. The molecule has 0 heterocycles. The zero-order valence-electron chi connectivity index (χ0n) is 14.2. The maximum absolute atomic E-state index is 13.2. The van der Waals surface area contributed by atoms with Crippen LogP contribution in [0.1, 0.15) is 17.3 Å². The normalized spacial score (nSPS) is 10.9. The predicted molar refractivity (Wildman–Crippen MR) is 89.3 cm³/mol. The van der Waals surface area contributed by atoms with Crippen LogP contribution in [0.3, 0.4) is 0 Å². The summed E-state index contributed by atoms with van der Waals surface area (Å²) in [5.74, 6) is -3.26. The Bertz CT molecular complexity index is 865. The topological polar surface area (TPSA) is 72.9 Å². The molecule has 0 radical (unpaired) electrons. The van der Waals surface area contributed by atoms with Crippen molar-refractivity contribution in [3.8, 4) is 11.5 Å². The fraction of sp³-hybridized carbons (Fsp3) is 0.167. The Labute approximate surface area is 152 Å². The smallest absolute Gasteiger partial charge is 0.472 e. The van der Waals surface area contributed by atoms with Crippen molar-refractivity contribution in [1.29, 1.82) is 0 Å². The van der Waals surface area contributed by atoms with Crippen molar-refractivity contribution in [1.82, 2.24) is 0 Å². The number of hydrogen-bond acceptors (Lipinski definition) is 5. The van der Waals surface area contributed by atoms with Gasteiger partial charge < -0.3 is 9.47 Å². The molecule has 0 saturated heterocycles. The van der Waals surface area contributed by atoms with E-state index >= 15 is 0 Å². The number of carbonyl (C=O) groups is 3. The monoisotopic (exact) mass is 381 g/mol. The van der Waals surface area contributed by atoms with E-state index in [1.807, 2.05) is 0 Å². The van der Waals surface area contributed by atoms with E-state index in [-0.39, 0.29) is 29.0 Å². The molecule has 2 aromatic rings. The highest BCUT2D eigenvalue weighted by Gasteiger charge is 2.44. The fourth-order valence-electron chi connectivity index (χ4n) is 2.32. The lowest BCUT2D eigenvalue weighted by atomic mass is 10.1. The minimum Gasteiger partial charge on any atom is -0.493 e. The molecule has 2 rings (SSSR count). The second kappa shape index (κ2) is 7.90. The van der Waals surface area contributed by atoms with Crippen molar-refractivity contribution in [3.63, 3.8) is 0 Å². The molecule has 1 amide bonds. The molecule has 0 aliphatic carbocycles. The number of methoxy groups -OCH3 is 1. The number of rotatable bonds is 5. The maximum Gasteiger partial charge on any atom is 0.472 e. The van der Waals surface area contributed by atoms with Crippen LogP contribution in [0, 0.1) is 0 Å². The van der Waals surface area contributed by atoms with Crippen LogP contribution < -0.4 is 14.4 Å². The highest BCUT2D eigenvalue weighted by atomic mass is 19.4. The van der Waals surface area contributed by atoms with Crippen LogP contribution in [0.5, 0.6) is 11.5 Å². The van der Waals surface area contributed by atoms with Gasteiger partial charge in [0.25, 0.3) is 0 Å². The fourth-order valence-corrected chi connectivity index (χ4v) is 2.32. The maximum atomic E-state index is 13.2. The molecule has 0 spiro atoms. The number of hydrogen-bond donors (Lipinski definition) is 0. The quantitative estimate of drug-likeness (QED) is 0.449. The zero-order chi connectivity index (χ0) is 20.2. The first kappa shape index (κ1) is 20.0. The van der Waals surface area contributed by atoms with Crippen molar-refractivity contribution >= 4 is 29.5 Å². The average molecular weight is 381 g/mol. The molecule has 27 heavy (non-hydrogen) atoms. The number of para-hydroxylation sites is 1. The summed E-state index contributed by atoms with van der Waals surface area (Å²) in [6.07, 6.45) is -4.94. The number of amides is 1. The highest BCUT2D eigenvalue weighted by molar-refractivity contribution is 6.07. The molecule has 0 aliphatic rings. The summed E-state index contributed by atoms with van der Waals surface area (Å²) in [5.41, 5.74) is -0.790. The van der Waals surface area contributed by atoms with Crippen molar-refractivity contribution in [2.75, 3.05) is 12.0 Å². The minimum absolute atomic E-state index is 0.0523. The molecule has 0 aliphatic heterocycles. The number of aldehydes is 1. The SMILES string of the molecule is COc1cc(C=O)c(N(C(=O)C(F)(F)F)c2ccccc2)cc1OC(C)=O. The van der Waals surface area contributed by atoms with Gasteiger partial charge >= 0.3 is 18.1 Å². The molecule has 6 nitrogen and oxygen atoms in total. The average Bonchev–Trinajstić information content (AvgIpc) is 2.61. The van der Waals surface area contributed by atoms with Gasteiger partial charge in [-0.2, -0.15) is 13.2 Å². The van der Waals surface area contributed by atoms with Crippen LogP contribution in [0.25, 0.3) is 0 Å². The van der Waals surface area contributed by atoms with Crippen LogP contribution >= 0.6 is 0 Å². The largest absolute Gasteiger partial charge is 0.493 e. The van der Waals surface area contributed by atoms with Gasteiger partial charge in [-0.15, -0.1) is 0 Å². The summed E-state index contributed by atoms with van der Waals surface area (Å²) in [4.78, 5) is 35.1. The van der Waals surface area contributed by atoms with Crippen LogP contribution in [0.15, 0.2) is 42.5 Å². The van der Waals surface area contributed by atoms with Crippen LogP contribution in [-0.2, 0) is 9.59 Å². The van der Waals surface area contributed by atoms with Crippen molar-refractivity contribution in [2.45, 2.75) is 13.1 Å². The number of alkyl halides is 3. The van der Waals surface area contributed by atoms with Gasteiger partial charge in [0.05, 0.1) is 12.8 Å². The number of benzene rings is 2. The van der Waals surface area contributed by atoms with Crippen LogP contribution in [0.4, 0.5) is 24.5 Å². The molecule has 0 N–H and O–H groups in total. The van der Waals surface area contributed by atoms with Gasteiger partial charge in [0.15, 0.2) is 17.8 Å². The first-order valence-corrected chi connectivity index (χ1v) is 7.51. The Morgan fingerprint density at radius 3 is 2.19 bits per heavy atom. The number of anilines is 2. The Morgan fingerprint density at radius 1 is 1.07 bits per heavy atom. The molecule has 0 fully saturated rings. The van der Waals surface area contributed by atoms with Gasteiger partial charge in [-0.05, 0) is 18.2 Å². The Morgan fingerprint density at radius 2 is 1.70 bits per heavy atom. The van der Waals surface area contributed by atoms with Gasteiger partial charge in [0, 0.05) is 24.2 Å². The lowest BCUT2D eigenvalue weighted by Crippen LogP contribution is -2.38. The van der Waals surface area contributed by atoms with Crippen LogP contribution in [0.2, 0.25) is 0 Å². The lowest BCUT2D eigenvalue weighted by Gasteiger charge is -2.26. The number of ether oxygens (including phenoxy) is 2. The summed E-state index contributed by atoms with van der Waals surface area (Å²) in [6.45, 7) is 1.09. The van der Waals surface area contributed by atoms with Gasteiger partial charge in [0.1, 0.15) is 0 Å². The second-order valence-electron chi connectivity index (χ2n) is 5.25. The van der Waals surface area contributed by atoms with E-state index in [1.54, 1.807) is 6.07 Å². The van der Waals surface area contributed by atoms with E-state index in [0.29, 0.717) is 4.90 Å². The predicted octanol–water partition coefficient (Wildman–Crippen LogP) is 3.66. The van der Waals surface area contributed by atoms with Crippen molar-refractivity contribution < 1.29 is 37.0 Å². The summed E-state index contributed by atoms with van der Waals surface area (Å²) in [6, 6.07) is 9.02. The van der Waals surface area contributed by atoms with E-state index in [4.69, 9.17) is 9.47 Å². The summed E-state index contributed by atoms with van der Waals surface area (Å²) < 4.78 is 49.4. The molecule has 0 saturated carbocycles. The second-order valence-corrected chi connectivity index (χ2v) is 5.25. The number of halogens is 3. The van der Waals surface area contributed by atoms with E-state index in [2.05, 4.69) is 0 Å². The van der Waals surface area contributed by atoms with E-state index in [1.165, 1.54) is 31.4 Å². The van der Waals surface area contributed by atoms with Crippen molar-refractivity contribution in [2.24, 2.45) is 0 Å². The zero-order valence-corrected chi connectivity index (χ0v) is 14.2. The molecule has 0 atom stereocenters. The first-order valence-electron chi connectivity index (χ1n) is 7.51. The lowest BCUT2D eigenvalue weighted by molar-refractivity contribution is -0.169. The molecular formula is C18H14F3NO5. The number of nitrogens with zero attached hydrogens (tertiary/aromatic N) is 1. The third-order valence-electron chi connectivity index (χ3n) is 3.39. The molecular weight excluding hydrogens is 367 g/mol. The molecule has 0 bridgehead atoms. The summed E-state index contributed by atoms with van der Waals surface area (Å²) in [5, 5.41) is 0. The van der Waals surface area contributed by atoms with Crippen LogP contribution in [-0.4, -0.2) is 31.4 Å². The minimum atomic E-state index is -5.21. The Balaban J connectivity index is 2.75. The molecule has 9 heteroatoms. The first-order chi connectivity index (χ1) is 12.7. The third kappa shape index (κ3) is 4.43. The number of esters is 1. The molecule has 0 aromatic heterocycles. The van der Waals surface area contributed by atoms with Gasteiger partial charge in [0.2, 0.25) is 0 Å². The summed E-state index contributed by atoms with van der Waals surface area (Å²) >= 11 is 0. The molecule has 0 unspecified atom stereocenters. The van der Waals surface area contributed by atoms with E-state index in [0.717, 1.165) is 19.1 Å². The van der Waals surface area contributed by atoms with Crippen molar-refractivity contribution in [3.05, 3.63) is 48.0 Å². The number of carbonyl (C=O) groups excluding carboxylic acids is 3. The van der Waals surface area contributed by atoms with Gasteiger partial charge in [-0.25, -0.2) is 0 Å². The Hall–Kier alpha value is -3.36. The van der Waals surface area contributed by atoms with Gasteiger partial charge in [-0.1, -0.05) is 18.2 Å².